The van der Waals surface area contributed by atoms with Crippen molar-refractivity contribution in [1.82, 2.24) is 0 Å². The van der Waals surface area contributed by atoms with E-state index in [4.69, 9.17) is 8.83 Å². The van der Waals surface area contributed by atoms with Crippen molar-refractivity contribution in [2.24, 2.45) is 0 Å². The lowest BCUT2D eigenvalue weighted by Gasteiger charge is -2.34. The predicted octanol–water partition coefficient (Wildman–Crippen LogP) is 15.0. The number of rotatable bonds is 6. The van der Waals surface area contributed by atoms with Crippen LogP contribution in [-0.4, -0.2) is 0 Å². The molecule has 0 saturated carbocycles. The third-order valence-electron chi connectivity index (χ3n) is 12.2. The predicted molar refractivity (Wildman–Crippen MR) is 238 cm³/mol. The summed E-state index contributed by atoms with van der Waals surface area (Å²) in [5.74, 6) is 0. The molecule has 58 heavy (non-hydrogen) atoms. The molecule has 0 radical (unpaired) electrons. The van der Waals surface area contributed by atoms with E-state index in [1.165, 1.54) is 38.9 Å². The molecule has 0 saturated heterocycles. The molecule has 2 aromatic heterocycles. The van der Waals surface area contributed by atoms with Gasteiger partial charge in [-0.1, -0.05) is 158 Å². The van der Waals surface area contributed by atoms with E-state index < -0.39 is 5.41 Å². The first-order chi connectivity index (χ1) is 28.8. The van der Waals surface area contributed by atoms with E-state index in [1.807, 2.05) is 12.1 Å². The molecule has 0 amide bonds. The molecule has 0 bridgehead atoms. The summed E-state index contributed by atoms with van der Waals surface area (Å²) in [4.78, 5) is 2.39. The highest BCUT2D eigenvalue weighted by Crippen LogP contribution is 2.59. The number of hydrogen-bond donors (Lipinski definition) is 0. The van der Waals surface area contributed by atoms with Gasteiger partial charge in [0.15, 0.2) is 0 Å². The van der Waals surface area contributed by atoms with Crippen molar-refractivity contribution in [3.05, 3.63) is 235 Å². The Morgan fingerprint density at radius 3 is 1.69 bits per heavy atom. The van der Waals surface area contributed by atoms with E-state index in [0.717, 1.165) is 66.5 Å². The standard InChI is InChI=1S/C55H35NO2/c1-3-14-36(15-4-1)37-26-28-39(29-27-37)56(40-31-33-53-47(34-40)45-20-9-11-24-51(45)57-53)41-30-32-43-42-18-7-10-22-48(42)55(50(43)35-41,38-16-5-2-6-17-38)49-23-13-21-46-44-19-8-12-25-52(44)58-54(46)49/h1-35H. The topological polar surface area (TPSA) is 29.5 Å². The minimum absolute atomic E-state index is 0.676. The van der Waals surface area contributed by atoms with Gasteiger partial charge in [-0.15, -0.1) is 0 Å². The first kappa shape index (κ1) is 32.6. The van der Waals surface area contributed by atoms with Crippen LogP contribution < -0.4 is 4.90 Å². The molecule has 1 unspecified atom stereocenters. The molecule has 1 atom stereocenters. The minimum atomic E-state index is -0.676. The van der Waals surface area contributed by atoms with Gasteiger partial charge in [-0.25, -0.2) is 0 Å². The Labute approximate surface area is 335 Å². The third kappa shape index (κ3) is 4.74. The molecule has 0 fully saturated rings. The van der Waals surface area contributed by atoms with E-state index >= 15 is 0 Å². The Kier molecular flexibility index (Phi) is 7.14. The van der Waals surface area contributed by atoms with Gasteiger partial charge in [0, 0.05) is 44.2 Å². The van der Waals surface area contributed by atoms with Crippen molar-refractivity contribution in [1.29, 1.82) is 0 Å². The van der Waals surface area contributed by atoms with Gasteiger partial charge in [0.1, 0.15) is 22.3 Å². The molecular weight excluding hydrogens is 707 g/mol. The second-order valence-corrected chi connectivity index (χ2v) is 15.2. The molecule has 12 rings (SSSR count). The van der Waals surface area contributed by atoms with Crippen LogP contribution >= 0.6 is 0 Å². The van der Waals surface area contributed by atoms with Gasteiger partial charge >= 0.3 is 0 Å². The number of furan rings is 2. The van der Waals surface area contributed by atoms with Crippen molar-refractivity contribution in [3.63, 3.8) is 0 Å². The van der Waals surface area contributed by atoms with Gasteiger partial charge in [-0.2, -0.15) is 0 Å². The van der Waals surface area contributed by atoms with Gasteiger partial charge < -0.3 is 13.7 Å². The summed E-state index contributed by atoms with van der Waals surface area (Å²) < 4.78 is 13.2. The van der Waals surface area contributed by atoms with Crippen LogP contribution in [0.25, 0.3) is 66.1 Å². The maximum atomic E-state index is 6.89. The fourth-order valence-corrected chi connectivity index (χ4v) is 9.63. The highest BCUT2D eigenvalue weighted by molar-refractivity contribution is 6.08. The Hall–Kier alpha value is -7.62. The molecule has 1 aliphatic rings. The molecule has 1 aliphatic carbocycles. The molecule has 2 heterocycles. The number of benzene rings is 9. The van der Waals surface area contributed by atoms with Gasteiger partial charge in [0.25, 0.3) is 0 Å². The molecule has 0 spiro atoms. The maximum absolute atomic E-state index is 6.89. The largest absolute Gasteiger partial charge is 0.456 e. The molecule has 3 heteroatoms. The summed E-state index contributed by atoms with van der Waals surface area (Å²) in [5.41, 5.74) is 15.6. The molecular formula is C55H35NO2. The van der Waals surface area contributed by atoms with Crippen LogP contribution in [-0.2, 0) is 5.41 Å². The molecule has 9 aromatic carbocycles. The van der Waals surface area contributed by atoms with Crippen LogP contribution in [0, 0.1) is 0 Å². The van der Waals surface area contributed by atoms with Crippen molar-refractivity contribution in [3.8, 4) is 22.3 Å². The van der Waals surface area contributed by atoms with Crippen LogP contribution in [0.4, 0.5) is 17.1 Å². The summed E-state index contributed by atoms with van der Waals surface area (Å²) in [6.45, 7) is 0. The maximum Gasteiger partial charge on any atom is 0.140 e. The Balaban J connectivity index is 1.14. The summed E-state index contributed by atoms with van der Waals surface area (Å²) >= 11 is 0. The first-order valence-electron chi connectivity index (χ1n) is 19.8. The zero-order valence-electron chi connectivity index (χ0n) is 31.5. The molecule has 272 valence electrons. The van der Waals surface area contributed by atoms with E-state index in [0.29, 0.717) is 0 Å². The zero-order valence-corrected chi connectivity index (χ0v) is 31.5. The Bertz CT molecular complexity index is 3340. The fraction of sp³-hybridized carbons (Fsp3) is 0.0182. The monoisotopic (exact) mass is 741 g/mol. The first-order valence-corrected chi connectivity index (χ1v) is 19.8. The van der Waals surface area contributed by atoms with Crippen LogP contribution in [0.15, 0.2) is 221 Å². The quantitative estimate of drug-likeness (QED) is 0.170. The van der Waals surface area contributed by atoms with E-state index in [9.17, 15) is 0 Å². The van der Waals surface area contributed by atoms with Crippen LogP contribution in [0.5, 0.6) is 0 Å². The minimum Gasteiger partial charge on any atom is -0.456 e. The molecule has 3 nitrogen and oxygen atoms in total. The lowest BCUT2D eigenvalue weighted by Crippen LogP contribution is -2.29. The van der Waals surface area contributed by atoms with Crippen LogP contribution in [0.1, 0.15) is 22.3 Å². The van der Waals surface area contributed by atoms with E-state index in [2.05, 4.69) is 205 Å². The van der Waals surface area contributed by atoms with Crippen molar-refractivity contribution in [2.45, 2.75) is 5.41 Å². The number of fused-ring (bicyclic) bond motifs is 9. The summed E-state index contributed by atoms with van der Waals surface area (Å²) in [6.07, 6.45) is 0. The highest BCUT2D eigenvalue weighted by atomic mass is 16.3. The lowest BCUT2D eigenvalue weighted by molar-refractivity contribution is 0.648. The average molecular weight is 742 g/mol. The average Bonchev–Trinajstić information content (AvgIpc) is 3.96. The van der Waals surface area contributed by atoms with Crippen molar-refractivity contribution < 1.29 is 8.83 Å². The van der Waals surface area contributed by atoms with Gasteiger partial charge in [0.05, 0.1) is 5.41 Å². The van der Waals surface area contributed by atoms with Gasteiger partial charge in [-0.3, -0.25) is 0 Å². The SMILES string of the molecule is c1ccc(-c2ccc(N(c3ccc4c(c3)C(c3ccccc3)(c3cccc5c3oc3ccccc35)c3ccccc3-4)c3ccc4oc5ccccc5c4c3)cc2)cc1. The Morgan fingerprint density at radius 1 is 0.328 bits per heavy atom. The number of anilines is 3. The summed E-state index contributed by atoms with van der Waals surface area (Å²) in [5, 5.41) is 4.43. The molecule has 11 aromatic rings. The molecule has 0 aliphatic heterocycles. The van der Waals surface area contributed by atoms with Gasteiger partial charge in [0.2, 0.25) is 0 Å². The van der Waals surface area contributed by atoms with Crippen LogP contribution in [0.3, 0.4) is 0 Å². The molecule has 0 N–H and O–H groups in total. The number of nitrogens with zero attached hydrogens (tertiary/aromatic N) is 1. The zero-order chi connectivity index (χ0) is 38.2. The fourth-order valence-electron chi connectivity index (χ4n) is 9.63. The van der Waals surface area contributed by atoms with Crippen LogP contribution in [0.2, 0.25) is 0 Å². The third-order valence-corrected chi connectivity index (χ3v) is 12.2. The lowest BCUT2D eigenvalue weighted by atomic mass is 9.67. The van der Waals surface area contributed by atoms with Gasteiger partial charge in [-0.05, 0) is 93.5 Å². The number of para-hydroxylation sites is 3. The van der Waals surface area contributed by atoms with E-state index in [-0.39, 0.29) is 0 Å². The normalized spacial score (nSPS) is 14.6. The summed E-state index contributed by atoms with van der Waals surface area (Å²) in [6, 6.07) is 76.3. The smallest absolute Gasteiger partial charge is 0.140 e. The second kappa shape index (κ2) is 12.7. The number of hydrogen-bond acceptors (Lipinski definition) is 3. The second-order valence-electron chi connectivity index (χ2n) is 15.2. The van der Waals surface area contributed by atoms with Crippen molar-refractivity contribution in [2.75, 3.05) is 4.90 Å². The summed E-state index contributed by atoms with van der Waals surface area (Å²) in [7, 11) is 0. The van der Waals surface area contributed by atoms with Crippen molar-refractivity contribution >= 4 is 60.9 Å². The van der Waals surface area contributed by atoms with E-state index in [1.54, 1.807) is 0 Å². The highest BCUT2D eigenvalue weighted by Gasteiger charge is 2.48. The Morgan fingerprint density at radius 2 is 0.879 bits per heavy atom.